The third kappa shape index (κ3) is 3.48. The number of carbonyl (C=O) groups excluding carboxylic acids is 1. The monoisotopic (exact) mass is 409 g/mol. The van der Waals surface area contributed by atoms with Gasteiger partial charge < -0.3 is 10.1 Å². The van der Waals surface area contributed by atoms with Crippen LogP contribution in [0, 0.1) is 11.6 Å². The van der Waals surface area contributed by atoms with Crippen LogP contribution in [0.3, 0.4) is 0 Å². The molecule has 1 fully saturated rings. The zero-order valence-corrected chi connectivity index (χ0v) is 16.4. The number of amides is 1. The predicted molar refractivity (Wildman–Crippen MR) is 103 cm³/mol. The fraction of sp³-hybridized carbons (Fsp3) is 0.474. The van der Waals surface area contributed by atoms with Crippen LogP contribution in [0.4, 0.5) is 14.6 Å². The van der Waals surface area contributed by atoms with Crippen LogP contribution >= 0.6 is 11.8 Å². The fourth-order valence-corrected chi connectivity index (χ4v) is 5.04. The van der Waals surface area contributed by atoms with Gasteiger partial charge in [0.1, 0.15) is 17.5 Å². The molecular formula is C19H21F2N3O3S. The summed E-state index contributed by atoms with van der Waals surface area (Å²) in [5.41, 5.74) is -0.281. The minimum Gasteiger partial charge on any atom is -0.375 e. The van der Waals surface area contributed by atoms with Crippen LogP contribution in [0.15, 0.2) is 23.0 Å². The Balaban J connectivity index is 1.82. The lowest BCUT2D eigenvalue weighted by molar-refractivity contribution is -0.113. The highest BCUT2D eigenvalue weighted by Gasteiger charge is 2.36. The van der Waals surface area contributed by atoms with Crippen molar-refractivity contribution in [2.24, 2.45) is 0 Å². The molecule has 2 aromatic rings. The molecule has 150 valence electrons. The zero-order chi connectivity index (χ0) is 20.1. The standard InChI is InChI=1S/C19H21F2N3O3S/c1-19(2)8-11(5-6-27-19)24-17-15(18(26)23-24)16(28-9-14(25)22-17)12-4-3-10(20)7-13(12)21/h3-4,7,11,16H,5-6,8-9H2,1-2H3,(H,22,25)(H,23,26)/t11-,16-/m1/s1. The number of hydrogen-bond donors (Lipinski definition) is 2. The summed E-state index contributed by atoms with van der Waals surface area (Å²) in [5.74, 6) is -1.27. The van der Waals surface area contributed by atoms with E-state index < -0.39 is 16.9 Å². The van der Waals surface area contributed by atoms with Crippen LogP contribution in [0.25, 0.3) is 0 Å². The molecule has 28 heavy (non-hydrogen) atoms. The van der Waals surface area contributed by atoms with E-state index in [0.717, 1.165) is 23.9 Å². The SMILES string of the molecule is CC1(C)C[C@H](n2[nH]c(=O)c3c2NC(=O)CS[C@@H]3c2ccc(F)cc2F)CCO1. The maximum absolute atomic E-state index is 14.5. The molecule has 1 aromatic heterocycles. The molecule has 2 atom stereocenters. The maximum atomic E-state index is 14.5. The maximum Gasteiger partial charge on any atom is 0.270 e. The lowest BCUT2D eigenvalue weighted by Gasteiger charge is -2.36. The molecular weight excluding hydrogens is 388 g/mol. The van der Waals surface area contributed by atoms with E-state index in [2.05, 4.69) is 10.4 Å². The molecule has 1 aromatic carbocycles. The van der Waals surface area contributed by atoms with Crippen LogP contribution in [0.2, 0.25) is 0 Å². The van der Waals surface area contributed by atoms with Crippen molar-refractivity contribution in [2.75, 3.05) is 17.7 Å². The summed E-state index contributed by atoms with van der Waals surface area (Å²) in [7, 11) is 0. The molecule has 2 aliphatic heterocycles. The van der Waals surface area contributed by atoms with Gasteiger partial charge in [0.25, 0.3) is 5.56 Å². The van der Waals surface area contributed by atoms with E-state index in [4.69, 9.17) is 4.74 Å². The number of aromatic nitrogens is 2. The van der Waals surface area contributed by atoms with Crippen LogP contribution in [0.5, 0.6) is 0 Å². The molecule has 0 radical (unpaired) electrons. The van der Waals surface area contributed by atoms with E-state index in [-0.39, 0.29) is 40.0 Å². The second-order valence-electron chi connectivity index (χ2n) is 7.73. The largest absolute Gasteiger partial charge is 0.375 e. The molecule has 3 heterocycles. The van der Waals surface area contributed by atoms with Crippen LogP contribution in [0.1, 0.15) is 49.1 Å². The lowest BCUT2D eigenvalue weighted by atomic mass is 9.94. The number of hydrogen-bond acceptors (Lipinski definition) is 4. The van der Waals surface area contributed by atoms with Gasteiger partial charge in [0.05, 0.1) is 28.2 Å². The van der Waals surface area contributed by atoms with Gasteiger partial charge in [-0.25, -0.2) is 8.78 Å². The van der Waals surface area contributed by atoms with Gasteiger partial charge in [0, 0.05) is 18.2 Å². The number of anilines is 1. The van der Waals surface area contributed by atoms with Gasteiger partial charge in [-0.1, -0.05) is 6.07 Å². The number of aromatic amines is 1. The molecule has 0 saturated carbocycles. The number of rotatable bonds is 2. The van der Waals surface area contributed by atoms with Crippen molar-refractivity contribution >= 4 is 23.5 Å². The van der Waals surface area contributed by atoms with E-state index in [1.54, 1.807) is 4.68 Å². The van der Waals surface area contributed by atoms with E-state index in [1.165, 1.54) is 6.07 Å². The first kappa shape index (κ1) is 19.2. The summed E-state index contributed by atoms with van der Waals surface area (Å²) in [6.45, 7) is 4.49. The van der Waals surface area contributed by atoms with Crippen molar-refractivity contribution in [3.8, 4) is 0 Å². The Bertz CT molecular complexity index is 985. The van der Waals surface area contributed by atoms with E-state index >= 15 is 0 Å². The number of carbonyl (C=O) groups is 1. The summed E-state index contributed by atoms with van der Waals surface area (Å²) in [6.07, 6.45) is 1.34. The molecule has 2 aliphatic rings. The average molecular weight is 409 g/mol. The van der Waals surface area contributed by atoms with Gasteiger partial charge in [-0.2, -0.15) is 0 Å². The Morgan fingerprint density at radius 2 is 2.07 bits per heavy atom. The first-order chi connectivity index (χ1) is 13.2. The molecule has 0 bridgehead atoms. The van der Waals surface area contributed by atoms with Crippen LogP contribution in [-0.2, 0) is 9.53 Å². The second kappa shape index (κ2) is 7.04. The number of nitrogens with zero attached hydrogens (tertiary/aromatic N) is 1. The number of H-pyrrole nitrogens is 1. The third-order valence-corrected chi connectivity index (χ3v) is 6.40. The molecule has 1 saturated heterocycles. The van der Waals surface area contributed by atoms with Crippen LogP contribution in [-0.4, -0.2) is 33.6 Å². The Labute approximate surface area is 164 Å². The van der Waals surface area contributed by atoms with E-state index in [0.29, 0.717) is 25.3 Å². The van der Waals surface area contributed by atoms with Gasteiger partial charge in [-0.05, 0) is 32.8 Å². The van der Waals surface area contributed by atoms with Crippen molar-refractivity contribution < 1.29 is 18.3 Å². The van der Waals surface area contributed by atoms with Crippen molar-refractivity contribution in [1.82, 2.24) is 9.78 Å². The molecule has 9 heteroatoms. The average Bonchev–Trinajstić information content (AvgIpc) is 2.81. The van der Waals surface area contributed by atoms with Crippen molar-refractivity contribution in [2.45, 2.75) is 43.6 Å². The molecule has 0 aliphatic carbocycles. The fourth-order valence-electron chi connectivity index (χ4n) is 3.90. The number of thioether (sulfide) groups is 1. The number of nitrogens with one attached hydrogen (secondary N) is 2. The second-order valence-corrected chi connectivity index (χ2v) is 8.83. The van der Waals surface area contributed by atoms with E-state index in [9.17, 15) is 18.4 Å². The van der Waals surface area contributed by atoms with E-state index in [1.807, 2.05) is 13.8 Å². The highest BCUT2D eigenvalue weighted by molar-refractivity contribution is 8.00. The van der Waals surface area contributed by atoms with Crippen molar-refractivity contribution in [3.63, 3.8) is 0 Å². The normalized spacial score (nSPS) is 24.4. The molecule has 4 rings (SSSR count). The number of halogens is 2. The van der Waals surface area contributed by atoms with Gasteiger partial charge in [-0.3, -0.25) is 19.4 Å². The summed E-state index contributed by atoms with van der Waals surface area (Å²) in [4.78, 5) is 25.1. The Morgan fingerprint density at radius 1 is 1.29 bits per heavy atom. The highest BCUT2D eigenvalue weighted by Crippen LogP contribution is 2.42. The Kier molecular flexibility index (Phi) is 4.83. The topological polar surface area (TPSA) is 76.1 Å². The Hall–Kier alpha value is -2.13. The summed E-state index contributed by atoms with van der Waals surface area (Å²) < 4.78 is 35.2. The highest BCUT2D eigenvalue weighted by atomic mass is 32.2. The van der Waals surface area contributed by atoms with Gasteiger partial charge in [0.2, 0.25) is 5.91 Å². The minimum absolute atomic E-state index is 0.0644. The lowest BCUT2D eigenvalue weighted by Crippen LogP contribution is -2.36. The van der Waals surface area contributed by atoms with Crippen molar-refractivity contribution in [3.05, 3.63) is 51.3 Å². The number of fused-ring (bicyclic) bond motifs is 1. The van der Waals surface area contributed by atoms with Crippen LogP contribution < -0.4 is 10.9 Å². The summed E-state index contributed by atoms with van der Waals surface area (Å²) >= 11 is 1.15. The zero-order valence-electron chi connectivity index (χ0n) is 15.6. The number of ether oxygens (including phenoxy) is 1. The summed E-state index contributed by atoms with van der Waals surface area (Å²) in [5, 5.41) is 4.91. The predicted octanol–water partition coefficient (Wildman–Crippen LogP) is 3.36. The third-order valence-electron chi connectivity index (χ3n) is 5.14. The molecule has 2 N–H and O–H groups in total. The van der Waals surface area contributed by atoms with Gasteiger partial charge >= 0.3 is 0 Å². The quantitative estimate of drug-likeness (QED) is 0.798. The molecule has 6 nitrogen and oxygen atoms in total. The molecule has 0 spiro atoms. The van der Waals surface area contributed by atoms with Crippen molar-refractivity contribution in [1.29, 1.82) is 0 Å². The summed E-state index contributed by atoms with van der Waals surface area (Å²) in [6, 6.07) is 3.21. The Morgan fingerprint density at radius 3 is 2.79 bits per heavy atom. The van der Waals surface area contributed by atoms with Gasteiger partial charge in [-0.15, -0.1) is 11.8 Å². The first-order valence-corrected chi connectivity index (χ1v) is 10.1. The first-order valence-electron chi connectivity index (χ1n) is 9.10. The minimum atomic E-state index is -0.739. The number of benzene rings is 1. The smallest absolute Gasteiger partial charge is 0.270 e. The van der Waals surface area contributed by atoms with Gasteiger partial charge in [0.15, 0.2) is 0 Å². The molecule has 0 unspecified atom stereocenters. The molecule has 1 amide bonds.